The third-order valence-electron chi connectivity index (χ3n) is 3.19. The highest BCUT2D eigenvalue weighted by Gasteiger charge is 2.19. The van der Waals surface area contributed by atoms with Crippen LogP contribution < -0.4 is 0 Å². The van der Waals surface area contributed by atoms with Gasteiger partial charge in [-0.05, 0) is 37.5 Å². The monoisotopic (exact) mass is 249 g/mol. The van der Waals surface area contributed by atoms with Crippen molar-refractivity contribution in [2.24, 2.45) is 0 Å². The molecule has 1 atom stereocenters. The molecule has 98 valence electrons. The second-order valence-corrected chi connectivity index (χ2v) is 4.72. The van der Waals surface area contributed by atoms with Crippen molar-refractivity contribution in [1.29, 1.82) is 0 Å². The minimum Gasteiger partial charge on any atom is -0.508 e. The summed E-state index contributed by atoms with van der Waals surface area (Å²) in [5, 5.41) is 9.37. The molecule has 0 spiro atoms. The number of carbonyl (C=O) groups is 1. The molecule has 0 aliphatic carbocycles. The number of aromatic hydroxyl groups is 1. The van der Waals surface area contributed by atoms with E-state index in [-0.39, 0.29) is 17.8 Å². The maximum atomic E-state index is 12.1. The fourth-order valence-corrected chi connectivity index (χ4v) is 2.20. The fraction of sp³-hybridized carbons (Fsp3) is 0.500. The van der Waals surface area contributed by atoms with E-state index in [4.69, 9.17) is 4.74 Å². The zero-order valence-electron chi connectivity index (χ0n) is 10.6. The van der Waals surface area contributed by atoms with Crippen molar-refractivity contribution in [2.45, 2.75) is 25.4 Å². The number of rotatable bonds is 3. The fourth-order valence-electron chi connectivity index (χ4n) is 2.20. The molecular formula is C14H19NO3. The summed E-state index contributed by atoms with van der Waals surface area (Å²) < 4.78 is 5.62. The molecule has 1 amide bonds. The number of phenolic OH excluding ortho intramolecular Hbond substituents is 1. The van der Waals surface area contributed by atoms with Crippen LogP contribution in [0.15, 0.2) is 24.3 Å². The summed E-state index contributed by atoms with van der Waals surface area (Å²) in [4.78, 5) is 13.8. The van der Waals surface area contributed by atoms with E-state index in [1.54, 1.807) is 30.1 Å². The lowest BCUT2D eigenvalue weighted by atomic mass is 10.1. The van der Waals surface area contributed by atoms with Crippen LogP contribution in [0, 0.1) is 0 Å². The normalized spacial score (nSPS) is 19.5. The third-order valence-corrected chi connectivity index (χ3v) is 3.19. The van der Waals surface area contributed by atoms with Gasteiger partial charge in [0.05, 0.1) is 6.10 Å². The first-order valence-corrected chi connectivity index (χ1v) is 6.33. The van der Waals surface area contributed by atoms with Gasteiger partial charge in [0.25, 0.3) is 5.91 Å². The van der Waals surface area contributed by atoms with Crippen molar-refractivity contribution in [1.82, 2.24) is 4.90 Å². The lowest BCUT2D eigenvalue weighted by molar-refractivity contribution is -0.000190. The van der Waals surface area contributed by atoms with Crippen molar-refractivity contribution in [3.8, 4) is 5.75 Å². The Labute approximate surface area is 107 Å². The minimum absolute atomic E-state index is 0.0833. The molecule has 18 heavy (non-hydrogen) atoms. The Morgan fingerprint density at radius 2 is 2.33 bits per heavy atom. The molecule has 4 heteroatoms. The van der Waals surface area contributed by atoms with Gasteiger partial charge in [0, 0.05) is 25.8 Å². The quantitative estimate of drug-likeness (QED) is 0.891. The smallest absolute Gasteiger partial charge is 0.253 e. The Morgan fingerprint density at radius 3 is 3.00 bits per heavy atom. The average molecular weight is 249 g/mol. The van der Waals surface area contributed by atoms with E-state index in [9.17, 15) is 9.90 Å². The lowest BCUT2D eigenvalue weighted by Crippen LogP contribution is -2.37. The first-order chi connectivity index (χ1) is 8.66. The van der Waals surface area contributed by atoms with E-state index in [2.05, 4.69) is 0 Å². The van der Waals surface area contributed by atoms with Crippen LogP contribution in [0.25, 0.3) is 0 Å². The molecule has 0 radical (unpaired) electrons. The van der Waals surface area contributed by atoms with Gasteiger partial charge in [-0.25, -0.2) is 0 Å². The summed E-state index contributed by atoms with van der Waals surface area (Å²) >= 11 is 0. The minimum atomic E-state index is -0.0833. The molecule has 1 saturated heterocycles. The molecule has 1 N–H and O–H groups in total. The molecule has 4 nitrogen and oxygen atoms in total. The second-order valence-electron chi connectivity index (χ2n) is 4.72. The summed E-state index contributed by atoms with van der Waals surface area (Å²) in [7, 11) is 1.77. The molecule has 1 unspecified atom stereocenters. The summed E-state index contributed by atoms with van der Waals surface area (Å²) in [5.41, 5.74) is 0.508. The molecule has 0 aromatic heterocycles. The van der Waals surface area contributed by atoms with Gasteiger partial charge >= 0.3 is 0 Å². The first kappa shape index (κ1) is 12.9. The number of hydrogen-bond acceptors (Lipinski definition) is 3. The SMILES string of the molecule is CN(CC1CCCCO1)C(=O)c1cccc(O)c1. The van der Waals surface area contributed by atoms with Crippen LogP contribution in [-0.2, 0) is 4.74 Å². The van der Waals surface area contributed by atoms with E-state index >= 15 is 0 Å². The van der Waals surface area contributed by atoms with E-state index in [0.29, 0.717) is 12.1 Å². The number of amides is 1. The Bertz CT molecular complexity index is 413. The van der Waals surface area contributed by atoms with Gasteiger partial charge in [0.15, 0.2) is 0 Å². The van der Waals surface area contributed by atoms with Crippen LogP contribution in [0.2, 0.25) is 0 Å². The van der Waals surface area contributed by atoms with Crippen molar-refractivity contribution in [2.75, 3.05) is 20.2 Å². The van der Waals surface area contributed by atoms with Crippen molar-refractivity contribution in [3.05, 3.63) is 29.8 Å². The maximum Gasteiger partial charge on any atom is 0.253 e. The molecular weight excluding hydrogens is 230 g/mol. The van der Waals surface area contributed by atoms with Gasteiger partial charge in [-0.3, -0.25) is 4.79 Å². The highest BCUT2D eigenvalue weighted by atomic mass is 16.5. The zero-order valence-corrected chi connectivity index (χ0v) is 10.6. The largest absolute Gasteiger partial charge is 0.508 e. The van der Waals surface area contributed by atoms with Gasteiger partial charge in [-0.15, -0.1) is 0 Å². The maximum absolute atomic E-state index is 12.1. The molecule has 1 aliphatic heterocycles. The number of nitrogens with zero attached hydrogens (tertiary/aromatic N) is 1. The standard InChI is InChI=1S/C14H19NO3/c1-15(10-13-7-2-3-8-18-13)14(17)11-5-4-6-12(16)9-11/h4-6,9,13,16H,2-3,7-8,10H2,1H3. The highest BCUT2D eigenvalue weighted by Crippen LogP contribution is 2.16. The predicted molar refractivity (Wildman–Crippen MR) is 68.7 cm³/mol. The van der Waals surface area contributed by atoms with Crippen LogP contribution in [0.5, 0.6) is 5.75 Å². The van der Waals surface area contributed by atoms with Gasteiger partial charge < -0.3 is 14.7 Å². The lowest BCUT2D eigenvalue weighted by Gasteiger charge is -2.27. The number of ether oxygens (including phenoxy) is 1. The Morgan fingerprint density at radius 1 is 1.50 bits per heavy atom. The van der Waals surface area contributed by atoms with Gasteiger partial charge in [0.2, 0.25) is 0 Å². The topological polar surface area (TPSA) is 49.8 Å². The molecule has 1 aromatic carbocycles. The molecule has 2 rings (SSSR count). The summed E-state index contributed by atoms with van der Waals surface area (Å²) in [6.07, 6.45) is 3.43. The van der Waals surface area contributed by atoms with Gasteiger partial charge in [-0.1, -0.05) is 6.07 Å². The number of carbonyl (C=O) groups excluding carboxylic acids is 1. The first-order valence-electron chi connectivity index (χ1n) is 6.33. The Balaban J connectivity index is 1.95. The van der Waals surface area contributed by atoms with Crippen LogP contribution in [0.1, 0.15) is 29.6 Å². The molecule has 1 fully saturated rings. The van der Waals surface area contributed by atoms with Crippen LogP contribution in [0.4, 0.5) is 0 Å². The second kappa shape index (κ2) is 5.87. The highest BCUT2D eigenvalue weighted by molar-refractivity contribution is 5.94. The van der Waals surface area contributed by atoms with E-state index < -0.39 is 0 Å². The number of hydrogen-bond donors (Lipinski definition) is 1. The van der Waals surface area contributed by atoms with Crippen molar-refractivity contribution >= 4 is 5.91 Å². The predicted octanol–water partition coefficient (Wildman–Crippen LogP) is 2.03. The summed E-state index contributed by atoms with van der Waals surface area (Å²) in [5.74, 6) is 0.0308. The molecule has 1 aromatic rings. The number of phenols is 1. The van der Waals surface area contributed by atoms with Crippen molar-refractivity contribution < 1.29 is 14.6 Å². The number of benzene rings is 1. The average Bonchev–Trinajstić information content (AvgIpc) is 2.39. The Hall–Kier alpha value is -1.55. The summed E-state index contributed by atoms with van der Waals surface area (Å²) in [6, 6.07) is 6.43. The van der Waals surface area contributed by atoms with E-state index in [1.165, 1.54) is 12.5 Å². The zero-order chi connectivity index (χ0) is 13.0. The van der Waals surface area contributed by atoms with Crippen LogP contribution in [-0.4, -0.2) is 42.2 Å². The molecule has 1 aliphatic rings. The molecule has 1 heterocycles. The third kappa shape index (κ3) is 3.23. The van der Waals surface area contributed by atoms with Gasteiger partial charge in [-0.2, -0.15) is 0 Å². The number of likely N-dealkylation sites (N-methyl/N-ethyl adjacent to an activating group) is 1. The van der Waals surface area contributed by atoms with E-state index in [1.807, 2.05) is 0 Å². The molecule has 0 saturated carbocycles. The van der Waals surface area contributed by atoms with Crippen molar-refractivity contribution in [3.63, 3.8) is 0 Å². The van der Waals surface area contributed by atoms with Crippen LogP contribution >= 0.6 is 0 Å². The Kier molecular flexibility index (Phi) is 4.20. The molecule has 0 bridgehead atoms. The van der Waals surface area contributed by atoms with E-state index in [0.717, 1.165) is 19.4 Å². The van der Waals surface area contributed by atoms with Gasteiger partial charge in [0.1, 0.15) is 5.75 Å². The van der Waals surface area contributed by atoms with Crippen LogP contribution in [0.3, 0.4) is 0 Å². The summed E-state index contributed by atoms with van der Waals surface area (Å²) in [6.45, 7) is 1.40.